The maximum atomic E-state index is 10.9. The van der Waals surface area contributed by atoms with Crippen LogP contribution in [0.1, 0.15) is 25.0 Å². The lowest BCUT2D eigenvalue weighted by atomic mass is 10.2. The van der Waals surface area contributed by atoms with E-state index in [2.05, 4.69) is 0 Å². The van der Waals surface area contributed by atoms with E-state index in [-0.39, 0.29) is 10.2 Å². The second-order valence-corrected chi connectivity index (χ2v) is 7.83. The van der Waals surface area contributed by atoms with Gasteiger partial charge in [-0.3, -0.25) is 9.59 Å². The van der Waals surface area contributed by atoms with Crippen molar-refractivity contribution in [1.82, 2.24) is 0 Å². The third-order valence-electron chi connectivity index (χ3n) is 3.28. The van der Waals surface area contributed by atoms with E-state index < -0.39 is 0 Å². The van der Waals surface area contributed by atoms with Crippen molar-refractivity contribution in [3.8, 4) is 11.5 Å². The number of rotatable bonds is 4. The van der Waals surface area contributed by atoms with Gasteiger partial charge in [-0.1, -0.05) is 30.0 Å². The average Bonchev–Trinajstić information content (AvgIpc) is 2.58. The molecule has 2 aromatic carbocycles. The Morgan fingerprint density at radius 3 is 1.88 bits per heavy atom. The van der Waals surface area contributed by atoms with Crippen LogP contribution < -0.4 is 9.47 Å². The topological polar surface area (TPSA) is 52.6 Å². The minimum Gasteiger partial charge on any atom is -0.497 e. The molecular weight excluding hydrogens is 368 g/mol. The molecule has 0 atom stereocenters. The van der Waals surface area contributed by atoms with Crippen LogP contribution in [0.25, 0.3) is 0 Å². The standard InChI is InChI=1S/C10H12O3S.C10H12OS/c1-7(11)14-10-5-4-8(12-2)6-9(10)13-3;1-7-5-4-6-8(2)10(7)12-9(3)11/h4-6H,1-3H3;4-6H,1-3H3. The van der Waals surface area contributed by atoms with Gasteiger partial charge in [0.2, 0.25) is 0 Å². The van der Waals surface area contributed by atoms with Crippen molar-refractivity contribution in [2.24, 2.45) is 0 Å². The summed E-state index contributed by atoms with van der Waals surface area (Å²) < 4.78 is 10.2. The summed E-state index contributed by atoms with van der Waals surface area (Å²) in [6.45, 7) is 7.17. The Labute approximate surface area is 163 Å². The molecular formula is C20H24O4S2. The first-order valence-corrected chi connectivity index (χ1v) is 9.56. The van der Waals surface area contributed by atoms with E-state index in [1.165, 1.54) is 29.8 Å². The van der Waals surface area contributed by atoms with Gasteiger partial charge >= 0.3 is 0 Å². The van der Waals surface area contributed by atoms with Crippen LogP contribution in [-0.2, 0) is 9.59 Å². The number of aryl methyl sites for hydroxylation is 2. The molecule has 0 saturated carbocycles. The molecule has 4 nitrogen and oxygen atoms in total. The lowest BCUT2D eigenvalue weighted by molar-refractivity contribution is -0.109. The highest BCUT2D eigenvalue weighted by Crippen LogP contribution is 2.32. The molecule has 0 aliphatic carbocycles. The van der Waals surface area contributed by atoms with Crippen molar-refractivity contribution in [1.29, 1.82) is 0 Å². The third-order valence-corrected chi connectivity index (χ3v) is 5.26. The molecule has 26 heavy (non-hydrogen) atoms. The van der Waals surface area contributed by atoms with Crippen LogP contribution in [0.3, 0.4) is 0 Å². The second-order valence-electron chi connectivity index (χ2n) is 5.43. The number of ether oxygens (including phenoxy) is 2. The summed E-state index contributed by atoms with van der Waals surface area (Å²) in [5.74, 6) is 1.37. The van der Waals surface area contributed by atoms with Crippen LogP contribution in [0.5, 0.6) is 11.5 Å². The number of benzene rings is 2. The average molecular weight is 393 g/mol. The fourth-order valence-corrected chi connectivity index (χ4v) is 3.55. The maximum absolute atomic E-state index is 10.9. The van der Waals surface area contributed by atoms with Crippen LogP contribution in [0, 0.1) is 13.8 Å². The Morgan fingerprint density at radius 1 is 0.846 bits per heavy atom. The first-order valence-electron chi connectivity index (χ1n) is 7.93. The van der Waals surface area contributed by atoms with Gasteiger partial charge in [0.1, 0.15) is 11.5 Å². The van der Waals surface area contributed by atoms with Gasteiger partial charge in [-0.15, -0.1) is 0 Å². The van der Waals surface area contributed by atoms with Gasteiger partial charge in [0.15, 0.2) is 10.2 Å². The van der Waals surface area contributed by atoms with E-state index in [0.29, 0.717) is 5.75 Å². The zero-order valence-electron chi connectivity index (χ0n) is 15.9. The van der Waals surface area contributed by atoms with Crippen molar-refractivity contribution in [2.75, 3.05) is 14.2 Å². The molecule has 0 N–H and O–H groups in total. The smallest absolute Gasteiger partial charge is 0.190 e. The first-order chi connectivity index (χ1) is 12.3. The lowest BCUT2D eigenvalue weighted by Gasteiger charge is -2.08. The predicted octanol–water partition coefficient (Wildman–Crippen LogP) is 5.28. The Morgan fingerprint density at radius 2 is 1.42 bits per heavy atom. The molecule has 0 saturated heterocycles. The van der Waals surface area contributed by atoms with Gasteiger partial charge in [-0.05, 0) is 48.9 Å². The van der Waals surface area contributed by atoms with Crippen molar-refractivity contribution in [2.45, 2.75) is 37.5 Å². The van der Waals surface area contributed by atoms with Crippen LogP contribution in [0.4, 0.5) is 0 Å². The van der Waals surface area contributed by atoms with Gasteiger partial charge in [0.05, 0.1) is 19.1 Å². The van der Waals surface area contributed by atoms with Crippen molar-refractivity contribution in [3.63, 3.8) is 0 Å². The summed E-state index contributed by atoms with van der Waals surface area (Å²) in [4.78, 5) is 23.7. The summed E-state index contributed by atoms with van der Waals surface area (Å²) in [5.41, 5.74) is 2.35. The summed E-state index contributed by atoms with van der Waals surface area (Å²) in [5, 5.41) is 0.181. The Balaban J connectivity index is 0.000000263. The molecule has 0 radical (unpaired) electrons. The molecule has 140 valence electrons. The van der Waals surface area contributed by atoms with Crippen LogP contribution in [-0.4, -0.2) is 24.5 Å². The monoisotopic (exact) mass is 392 g/mol. The Bertz CT molecular complexity index is 752. The first kappa shape index (κ1) is 22.1. The highest BCUT2D eigenvalue weighted by molar-refractivity contribution is 8.13. The molecule has 6 heteroatoms. The molecule has 0 aliphatic heterocycles. The van der Waals surface area contributed by atoms with Crippen LogP contribution >= 0.6 is 23.5 Å². The number of carbonyl (C=O) groups excluding carboxylic acids is 2. The summed E-state index contributed by atoms with van der Waals surface area (Å²) in [7, 11) is 3.16. The van der Waals surface area contributed by atoms with E-state index in [9.17, 15) is 9.59 Å². The molecule has 0 bridgehead atoms. The van der Waals surface area contributed by atoms with Gasteiger partial charge in [0, 0.05) is 24.8 Å². The van der Waals surface area contributed by atoms with Crippen molar-refractivity contribution < 1.29 is 19.1 Å². The van der Waals surface area contributed by atoms with E-state index in [0.717, 1.165) is 27.3 Å². The highest BCUT2D eigenvalue weighted by Gasteiger charge is 2.07. The SMILES string of the molecule is CC(=O)Sc1c(C)cccc1C.COc1ccc(SC(C)=O)c(OC)c1. The minimum atomic E-state index is 0.0356. The van der Waals surface area contributed by atoms with Gasteiger partial charge in [-0.25, -0.2) is 0 Å². The molecule has 0 spiro atoms. The molecule has 2 aromatic rings. The van der Waals surface area contributed by atoms with Gasteiger partial charge in [0.25, 0.3) is 0 Å². The number of hydrogen-bond donors (Lipinski definition) is 0. The molecule has 0 aliphatic rings. The van der Waals surface area contributed by atoms with Gasteiger partial charge < -0.3 is 9.47 Å². The number of methoxy groups -OCH3 is 2. The van der Waals surface area contributed by atoms with Gasteiger partial charge in [-0.2, -0.15) is 0 Å². The summed E-state index contributed by atoms with van der Waals surface area (Å²) in [6.07, 6.45) is 0. The third kappa shape index (κ3) is 7.14. The lowest BCUT2D eigenvalue weighted by Crippen LogP contribution is -1.90. The molecule has 2 rings (SSSR count). The highest BCUT2D eigenvalue weighted by atomic mass is 32.2. The van der Waals surface area contributed by atoms with E-state index in [1.54, 1.807) is 33.3 Å². The fraction of sp³-hybridized carbons (Fsp3) is 0.300. The van der Waals surface area contributed by atoms with E-state index in [4.69, 9.17) is 9.47 Å². The Hall–Kier alpha value is -1.92. The normalized spacial score (nSPS) is 9.77. The molecule has 0 aromatic heterocycles. The molecule has 0 fully saturated rings. The number of hydrogen-bond acceptors (Lipinski definition) is 6. The minimum absolute atomic E-state index is 0.0356. The molecule has 0 unspecified atom stereocenters. The predicted molar refractivity (Wildman–Crippen MR) is 109 cm³/mol. The summed E-state index contributed by atoms with van der Waals surface area (Å²) >= 11 is 2.46. The largest absolute Gasteiger partial charge is 0.497 e. The summed E-state index contributed by atoms with van der Waals surface area (Å²) in [6, 6.07) is 11.4. The van der Waals surface area contributed by atoms with Crippen LogP contribution in [0.2, 0.25) is 0 Å². The van der Waals surface area contributed by atoms with E-state index in [1.807, 2.05) is 38.1 Å². The number of carbonyl (C=O) groups is 2. The van der Waals surface area contributed by atoms with Crippen LogP contribution in [0.15, 0.2) is 46.2 Å². The Kier molecular flexibility index (Phi) is 9.30. The second kappa shape index (κ2) is 10.9. The maximum Gasteiger partial charge on any atom is 0.190 e. The van der Waals surface area contributed by atoms with Crippen molar-refractivity contribution in [3.05, 3.63) is 47.5 Å². The quantitative estimate of drug-likeness (QED) is 0.660. The number of thioether (sulfide) groups is 2. The molecule has 0 amide bonds. The fourth-order valence-electron chi connectivity index (χ4n) is 2.12. The zero-order valence-corrected chi connectivity index (χ0v) is 17.5. The zero-order chi connectivity index (χ0) is 19.7. The molecule has 0 heterocycles. The van der Waals surface area contributed by atoms with E-state index >= 15 is 0 Å². The van der Waals surface area contributed by atoms with Crippen molar-refractivity contribution >= 4 is 33.8 Å².